The lowest BCUT2D eigenvalue weighted by Gasteiger charge is -2.35. The van der Waals surface area contributed by atoms with Gasteiger partial charge in [-0.3, -0.25) is 0 Å². The predicted octanol–water partition coefficient (Wildman–Crippen LogP) is -0.0828. The Kier molecular flexibility index (Phi) is 2.91. The van der Waals surface area contributed by atoms with Gasteiger partial charge in [0.1, 0.15) is 18.3 Å². The number of aliphatic hydroxyl groups excluding tert-OH is 3. The molecule has 0 aromatic rings. The van der Waals surface area contributed by atoms with E-state index in [1.807, 2.05) is 0 Å². The van der Waals surface area contributed by atoms with Crippen LogP contribution in [-0.2, 0) is 9.47 Å². The fourth-order valence-electron chi connectivity index (χ4n) is 3.29. The molecular weight excluding hydrogens is 224 g/mol. The molecule has 17 heavy (non-hydrogen) atoms. The largest absolute Gasteiger partial charge is 0.390 e. The number of hydrogen-bond donors (Lipinski definition) is 3. The quantitative estimate of drug-likeness (QED) is 0.555. The third-order valence-electron chi connectivity index (χ3n) is 4.25. The van der Waals surface area contributed by atoms with Crippen molar-refractivity contribution in [3.05, 3.63) is 0 Å². The highest BCUT2D eigenvalue weighted by Crippen LogP contribution is 2.44. The molecule has 0 bridgehead atoms. The first-order chi connectivity index (χ1) is 8.11. The van der Waals surface area contributed by atoms with Crippen molar-refractivity contribution in [2.45, 2.75) is 74.8 Å². The Morgan fingerprint density at radius 2 is 1.59 bits per heavy atom. The molecule has 0 unspecified atom stereocenters. The third kappa shape index (κ3) is 1.90. The second kappa shape index (κ2) is 4.17. The fourth-order valence-corrected chi connectivity index (χ4v) is 3.29. The molecule has 2 saturated carbocycles. The summed E-state index contributed by atoms with van der Waals surface area (Å²) in [5, 5.41) is 29.2. The minimum absolute atomic E-state index is 0.290. The Morgan fingerprint density at radius 3 is 2.29 bits per heavy atom. The Labute approximate surface area is 100 Å². The van der Waals surface area contributed by atoms with Crippen LogP contribution in [0.1, 0.15) is 38.5 Å². The monoisotopic (exact) mass is 244 g/mol. The van der Waals surface area contributed by atoms with Crippen molar-refractivity contribution in [3.63, 3.8) is 0 Å². The highest BCUT2D eigenvalue weighted by atomic mass is 16.8. The summed E-state index contributed by atoms with van der Waals surface area (Å²) in [7, 11) is 0. The zero-order valence-electron chi connectivity index (χ0n) is 9.79. The van der Waals surface area contributed by atoms with Gasteiger partial charge in [-0.15, -0.1) is 0 Å². The Morgan fingerprint density at radius 1 is 0.882 bits per heavy atom. The first-order valence-electron chi connectivity index (χ1n) is 6.51. The van der Waals surface area contributed by atoms with Crippen molar-refractivity contribution in [2.75, 3.05) is 0 Å². The van der Waals surface area contributed by atoms with Gasteiger partial charge in [0, 0.05) is 19.3 Å². The SMILES string of the molecule is O[C@@H]1[C@H](O)[C@@H](O)C[C@H]2OC3(CCCCC3)O[C@@H]12. The predicted molar refractivity (Wildman–Crippen MR) is 58.2 cm³/mol. The maximum atomic E-state index is 9.92. The second-order valence-electron chi connectivity index (χ2n) is 5.49. The van der Waals surface area contributed by atoms with E-state index in [2.05, 4.69) is 0 Å². The van der Waals surface area contributed by atoms with Crippen molar-refractivity contribution in [1.29, 1.82) is 0 Å². The molecule has 1 saturated heterocycles. The standard InChI is InChI=1S/C12H20O5/c13-7-6-8-11(10(15)9(7)14)17-12(16-8)4-2-1-3-5-12/h7-11,13-15H,1-6H2/t7-,8+,9+,10+,11+/m0/s1. The number of ether oxygens (including phenoxy) is 2. The van der Waals surface area contributed by atoms with Crippen LogP contribution in [0.5, 0.6) is 0 Å². The summed E-state index contributed by atoms with van der Waals surface area (Å²) < 4.78 is 11.8. The fraction of sp³-hybridized carbons (Fsp3) is 1.00. The molecule has 0 radical (unpaired) electrons. The average molecular weight is 244 g/mol. The van der Waals surface area contributed by atoms with Crippen molar-refractivity contribution in [1.82, 2.24) is 0 Å². The molecule has 3 aliphatic rings. The van der Waals surface area contributed by atoms with E-state index in [1.165, 1.54) is 6.42 Å². The first-order valence-corrected chi connectivity index (χ1v) is 6.51. The summed E-state index contributed by atoms with van der Waals surface area (Å²) in [6.07, 6.45) is 1.48. The molecule has 5 heteroatoms. The van der Waals surface area contributed by atoms with Gasteiger partial charge < -0.3 is 24.8 Å². The van der Waals surface area contributed by atoms with Gasteiger partial charge in [-0.05, 0) is 12.8 Å². The number of rotatable bonds is 0. The van der Waals surface area contributed by atoms with E-state index in [9.17, 15) is 15.3 Å². The van der Waals surface area contributed by atoms with Crippen LogP contribution in [-0.4, -0.2) is 51.6 Å². The molecule has 1 aliphatic heterocycles. The van der Waals surface area contributed by atoms with E-state index in [4.69, 9.17) is 9.47 Å². The van der Waals surface area contributed by atoms with Gasteiger partial charge in [0.15, 0.2) is 5.79 Å². The molecule has 5 atom stereocenters. The van der Waals surface area contributed by atoms with Crippen molar-refractivity contribution < 1.29 is 24.8 Å². The molecule has 1 heterocycles. The zero-order chi connectivity index (χ0) is 12.0. The summed E-state index contributed by atoms with van der Waals surface area (Å²) >= 11 is 0. The summed E-state index contributed by atoms with van der Waals surface area (Å²) in [6.45, 7) is 0. The van der Waals surface area contributed by atoms with E-state index in [-0.39, 0.29) is 6.10 Å². The lowest BCUT2D eigenvalue weighted by atomic mass is 9.87. The average Bonchev–Trinajstić information content (AvgIpc) is 2.66. The van der Waals surface area contributed by atoms with Crippen LogP contribution in [0.25, 0.3) is 0 Å². The van der Waals surface area contributed by atoms with E-state index < -0.39 is 30.2 Å². The van der Waals surface area contributed by atoms with E-state index in [0.29, 0.717) is 6.42 Å². The molecule has 0 amide bonds. The molecule has 0 aromatic carbocycles. The van der Waals surface area contributed by atoms with Gasteiger partial charge >= 0.3 is 0 Å². The second-order valence-corrected chi connectivity index (χ2v) is 5.49. The zero-order valence-corrected chi connectivity index (χ0v) is 9.79. The van der Waals surface area contributed by atoms with Gasteiger partial charge in [-0.25, -0.2) is 0 Å². The number of aliphatic hydroxyl groups is 3. The smallest absolute Gasteiger partial charge is 0.169 e. The van der Waals surface area contributed by atoms with Crippen LogP contribution in [0.3, 0.4) is 0 Å². The van der Waals surface area contributed by atoms with Crippen LogP contribution >= 0.6 is 0 Å². The molecule has 3 fully saturated rings. The maximum Gasteiger partial charge on any atom is 0.169 e. The molecule has 3 N–H and O–H groups in total. The minimum atomic E-state index is -1.13. The summed E-state index contributed by atoms with van der Waals surface area (Å²) in [5.41, 5.74) is 0. The molecule has 2 aliphatic carbocycles. The van der Waals surface area contributed by atoms with Crippen LogP contribution in [0.15, 0.2) is 0 Å². The van der Waals surface area contributed by atoms with Gasteiger partial charge in [0.2, 0.25) is 0 Å². The molecule has 3 rings (SSSR count). The summed E-state index contributed by atoms with van der Waals surface area (Å²) in [5.74, 6) is -0.571. The van der Waals surface area contributed by atoms with Crippen molar-refractivity contribution in [3.8, 4) is 0 Å². The molecule has 98 valence electrons. The van der Waals surface area contributed by atoms with Crippen LogP contribution < -0.4 is 0 Å². The number of fused-ring (bicyclic) bond motifs is 1. The highest BCUT2D eigenvalue weighted by molar-refractivity contribution is 5.00. The van der Waals surface area contributed by atoms with E-state index in [0.717, 1.165) is 25.7 Å². The van der Waals surface area contributed by atoms with Crippen LogP contribution in [0, 0.1) is 0 Å². The Balaban J connectivity index is 1.76. The van der Waals surface area contributed by atoms with Crippen molar-refractivity contribution in [2.24, 2.45) is 0 Å². The lowest BCUT2D eigenvalue weighted by Crippen LogP contribution is -2.54. The Bertz CT molecular complexity index is 289. The first kappa shape index (κ1) is 11.9. The maximum absolute atomic E-state index is 9.92. The van der Waals surface area contributed by atoms with E-state index in [1.54, 1.807) is 0 Å². The van der Waals surface area contributed by atoms with Gasteiger partial charge in [-0.2, -0.15) is 0 Å². The van der Waals surface area contributed by atoms with Crippen LogP contribution in [0.4, 0.5) is 0 Å². The highest BCUT2D eigenvalue weighted by Gasteiger charge is 2.55. The van der Waals surface area contributed by atoms with E-state index >= 15 is 0 Å². The number of hydrogen-bond acceptors (Lipinski definition) is 5. The normalized spacial score (nSPS) is 49.2. The van der Waals surface area contributed by atoms with Gasteiger partial charge in [0.05, 0.1) is 12.2 Å². The van der Waals surface area contributed by atoms with Crippen LogP contribution in [0.2, 0.25) is 0 Å². The topological polar surface area (TPSA) is 79.2 Å². The molecule has 1 spiro atoms. The minimum Gasteiger partial charge on any atom is -0.390 e. The summed E-state index contributed by atoms with van der Waals surface area (Å²) in [6, 6.07) is 0. The summed E-state index contributed by atoms with van der Waals surface area (Å²) in [4.78, 5) is 0. The molecule has 0 aromatic heterocycles. The van der Waals surface area contributed by atoms with Crippen molar-refractivity contribution >= 4 is 0 Å². The molecular formula is C12H20O5. The lowest BCUT2D eigenvalue weighted by molar-refractivity contribution is -0.202. The Hall–Kier alpha value is -0.200. The van der Waals surface area contributed by atoms with Gasteiger partial charge in [0.25, 0.3) is 0 Å². The molecule has 5 nitrogen and oxygen atoms in total. The third-order valence-corrected chi connectivity index (χ3v) is 4.25. The van der Waals surface area contributed by atoms with Gasteiger partial charge in [-0.1, -0.05) is 6.42 Å².